The number of carbonyl (C=O) groups is 1. The second kappa shape index (κ2) is 13.6. The van der Waals surface area contributed by atoms with Crippen LogP contribution in [0.3, 0.4) is 0 Å². The summed E-state index contributed by atoms with van der Waals surface area (Å²) in [5.74, 6) is 0.570. The highest BCUT2D eigenvalue weighted by Gasteiger charge is 2.28. The average Bonchev–Trinajstić information content (AvgIpc) is 3.24. The van der Waals surface area contributed by atoms with E-state index in [0.29, 0.717) is 23.0 Å². The van der Waals surface area contributed by atoms with Crippen molar-refractivity contribution in [3.8, 4) is 0 Å². The maximum atomic E-state index is 13.4. The van der Waals surface area contributed by atoms with Crippen molar-refractivity contribution in [3.05, 3.63) is 75.4 Å². The number of aldehydes is 1. The van der Waals surface area contributed by atoms with Crippen molar-refractivity contribution in [2.45, 2.75) is 45.1 Å². The highest BCUT2D eigenvalue weighted by atomic mass is 35.5. The van der Waals surface area contributed by atoms with Crippen molar-refractivity contribution in [1.29, 1.82) is 0 Å². The standard InChI is InChI=1S/C23H20Cl3N3O3S.C5H12O/c1-15(2)4-5-23(27-3)28-7-6-16-10-22(20(26)14-21(16)28)29(8-9-30)33(31,32)19-12-17(24)11-18(25)13-19;1-5(2,3)6-4/h4-7,9-14H,3,8H2,1-2H3;1-4H3/b23-5+;. The zero-order chi connectivity index (χ0) is 29.5. The largest absolute Gasteiger partial charge is 0.379 e. The molecule has 0 aliphatic heterocycles. The summed E-state index contributed by atoms with van der Waals surface area (Å²) in [6.07, 6.45) is 5.98. The van der Waals surface area contributed by atoms with Crippen LogP contribution in [0, 0.1) is 0 Å². The number of carbonyl (C=O) groups excluding carboxylic acids is 1. The van der Waals surface area contributed by atoms with E-state index in [-0.39, 0.29) is 31.3 Å². The van der Waals surface area contributed by atoms with Gasteiger partial charge in [-0.1, -0.05) is 46.5 Å². The molecule has 0 bridgehead atoms. The summed E-state index contributed by atoms with van der Waals surface area (Å²) in [5.41, 5.74) is 1.97. The Morgan fingerprint density at radius 3 is 2.15 bits per heavy atom. The maximum absolute atomic E-state index is 13.4. The molecule has 3 rings (SSSR count). The molecule has 0 fully saturated rings. The van der Waals surface area contributed by atoms with Gasteiger partial charge in [0.15, 0.2) is 0 Å². The summed E-state index contributed by atoms with van der Waals surface area (Å²) in [5, 5.41) is 1.12. The number of benzene rings is 2. The lowest BCUT2D eigenvalue weighted by Gasteiger charge is -2.24. The Kier molecular flexibility index (Phi) is 11.4. The van der Waals surface area contributed by atoms with Crippen molar-refractivity contribution >= 4 is 80.2 Å². The minimum atomic E-state index is -4.19. The monoisotopic (exact) mass is 611 g/mol. The molecule has 0 radical (unpaired) electrons. The van der Waals surface area contributed by atoms with Gasteiger partial charge < -0.3 is 14.1 Å². The van der Waals surface area contributed by atoms with Gasteiger partial charge in [0.25, 0.3) is 10.0 Å². The molecule has 0 saturated carbocycles. The molecule has 0 atom stereocenters. The third kappa shape index (κ3) is 8.68. The number of anilines is 1. The predicted molar refractivity (Wildman–Crippen MR) is 164 cm³/mol. The molecule has 0 N–H and O–H groups in total. The zero-order valence-corrected chi connectivity index (χ0v) is 25.8. The van der Waals surface area contributed by atoms with Crippen molar-refractivity contribution < 1.29 is 17.9 Å². The van der Waals surface area contributed by atoms with Gasteiger partial charge >= 0.3 is 0 Å². The molecule has 11 heteroatoms. The molecule has 7 nitrogen and oxygen atoms in total. The third-order valence-corrected chi connectivity index (χ3v) is 7.78. The number of aliphatic imine (C=N–C) groups is 1. The highest BCUT2D eigenvalue weighted by Crippen LogP contribution is 2.36. The molecule has 0 unspecified atom stereocenters. The van der Waals surface area contributed by atoms with Crippen LogP contribution >= 0.6 is 34.8 Å². The van der Waals surface area contributed by atoms with Crippen LogP contribution in [-0.4, -0.2) is 45.2 Å². The molecule has 39 heavy (non-hydrogen) atoms. The van der Waals surface area contributed by atoms with E-state index in [9.17, 15) is 13.2 Å². The van der Waals surface area contributed by atoms with E-state index in [4.69, 9.17) is 39.5 Å². The lowest BCUT2D eigenvalue weighted by atomic mass is 10.2. The Morgan fingerprint density at radius 2 is 1.67 bits per heavy atom. The molecule has 0 saturated heterocycles. The van der Waals surface area contributed by atoms with E-state index in [1.54, 1.807) is 36.1 Å². The van der Waals surface area contributed by atoms with Gasteiger partial charge in [-0.2, -0.15) is 0 Å². The molecule has 210 valence electrons. The molecule has 2 aromatic carbocycles. The smallest absolute Gasteiger partial charge is 0.264 e. The molecule has 0 amide bonds. The normalized spacial score (nSPS) is 12.0. The van der Waals surface area contributed by atoms with E-state index < -0.39 is 16.6 Å². The first-order chi connectivity index (χ1) is 18.1. The Labute approximate surface area is 245 Å². The van der Waals surface area contributed by atoms with Crippen molar-refractivity contribution in [1.82, 2.24) is 4.57 Å². The Morgan fingerprint density at radius 1 is 1.08 bits per heavy atom. The number of aromatic nitrogens is 1. The van der Waals surface area contributed by atoms with Crippen LogP contribution < -0.4 is 4.31 Å². The number of hydrogen-bond donors (Lipinski definition) is 0. The Balaban J connectivity index is 0.000000798. The second-order valence-corrected chi connectivity index (χ2v) is 12.7. The number of rotatable bonds is 8. The fourth-order valence-corrected chi connectivity index (χ4v) is 5.62. The molecule has 0 aliphatic carbocycles. The van der Waals surface area contributed by atoms with Crippen LogP contribution in [0.15, 0.2) is 70.2 Å². The van der Waals surface area contributed by atoms with Gasteiger partial charge in [0, 0.05) is 28.7 Å². The van der Waals surface area contributed by atoms with Crippen LogP contribution in [0.25, 0.3) is 16.7 Å². The third-order valence-electron chi connectivity index (χ3n) is 5.28. The fraction of sp³-hybridized carbons (Fsp3) is 0.286. The fourth-order valence-electron chi connectivity index (χ4n) is 3.18. The minimum Gasteiger partial charge on any atom is -0.379 e. The number of hydrogen-bond acceptors (Lipinski definition) is 5. The van der Waals surface area contributed by atoms with E-state index >= 15 is 0 Å². The van der Waals surface area contributed by atoms with Crippen molar-refractivity contribution in [2.24, 2.45) is 4.99 Å². The summed E-state index contributed by atoms with van der Waals surface area (Å²) >= 11 is 18.5. The van der Waals surface area contributed by atoms with Gasteiger partial charge in [0.2, 0.25) is 0 Å². The average molecular weight is 613 g/mol. The first kappa shape index (κ1) is 32.6. The molecule has 0 aliphatic rings. The minimum absolute atomic E-state index is 0.0417. The van der Waals surface area contributed by atoms with Crippen LogP contribution in [0.1, 0.15) is 34.6 Å². The summed E-state index contributed by atoms with van der Waals surface area (Å²) in [7, 11) is -2.48. The number of allylic oxidation sites excluding steroid dienone is 3. The van der Waals surface area contributed by atoms with Crippen molar-refractivity contribution in [2.75, 3.05) is 18.0 Å². The van der Waals surface area contributed by atoms with E-state index in [1.165, 1.54) is 18.2 Å². The number of halogens is 3. The van der Waals surface area contributed by atoms with Gasteiger partial charge in [0.1, 0.15) is 12.1 Å². The maximum Gasteiger partial charge on any atom is 0.264 e. The molecule has 3 aromatic rings. The topological polar surface area (TPSA) is 81.0 Å². The van der Waals surface area contributed by atoms with Gasteiger partial charge in [-0.3, -0.25) is 4.31 Å². The predicted octanol–water partition coefficient (Wildman–Crippen LogP) is 7.89. The van der Waals surface area contributed by atoms with E-state index in [1.807, 2.05) is 46.8 Å². The quantitative estimate of drug-likeness (QED) is 0.147. The molecular formula is C28H32Cl3N3O4S. The summed E-state index contributed by atoms with van der Waals surface area (Å²) in [6, 6.07) is 8.95. The highest BCUT2D eigenvalue weighted by molar-refractivity contribution is 7.92. The summed E-state index contributed by atoms with van der Waals surface area (Å²) < 4.78 is 34.4. The van der Waals surface area contributed by atoms with Crippen molar-refractivity contribution in [3.63, 3.8) is 0 Å². The SMILES string of the molecule is C=N/C(=C\C=C(C)C)n1ccc2cc(N(CC=O)S(=O)(=O)c3cc(Cl)cc(Cl)c3)c(Cl)cc21.COC(C)(C)C. The first-order valence-electron chi connectivity index (χ1n) is 11.7. The molecule has 0 spiro atoms. The molecule has 1 heterocycles. The van der Waals surface area contributed by atoms with Gasteiger partial charge in [-0.15, -0.1) is 0 Å². The van der Waals surface area contributed by atoms with Gasteiger partial charge in [-0.05, 0) is 83.8 Å². The van der Waals surface area contributed by atoms with Gasteiger partial charge in [0.05, 0.1) is 33.3 Å². The number of nitrogens with zero attached hydrogens (tertiary/aromatic N) is 3. The molecular weight excluding hydrogens is 581 g/mol. The van der Waals surface area contributed by atoms with Crippen LogP contribution in [-0.2, 0) is 19.6 Å². The second-order valence-electron chi connectivity index (χ2n) is 9.60. The Hall–Kier alpha value is -2.62. The van der Waals surface area contributed by atoms with E-state index in [0.717, 1.165) is 9.88 Å². The lowest BCUT2D eigenvalue weighted by Crippen LogP contribution is -2.33. The number of methoxy groups -OCH3 is 1. The summed E-state index contributed by atoms with van der Waals surface area (Å²) in [4.78, 5) is 15.3. The van der Waals surface area contributed by atoms with Gasteiger partial charge in [-0.25, -0.2) is 13.4 Å². The molecule has 1 aromatic heterocycles. The van der Waals surface area contributed by atoms with Crippen LogP contribution in [0.2, 0.25) is 15.1 Å². The van der Waals surface area contributed by atoms with Crippen LogP contribution in [0.4, 0.5) is 5.69 Å². The summed E-state index contributed by atoms with van der Waals surface area (Å²) in [6.45, 7) is 13.2. The van der Waals surface area contributed by atoms with E-state index in [2.05, 4.69) is 11.7 Å². The first-order valence-corrected chi connectivity index (χ1v) is 14.3. The Bertz CT molecular complexity index is 1500. The zero-order valence-electron chi connectivity index (χ0n) is 22.7. The number of ether oxygens (including phenoxy) is 1. The number of fused-ring (bicyclic) bond motifs is 1. The number of sulfonamides is 1. The lowest BCUT2D eigenvalue weighted by molar-refractivity contribution is -0.106. The van der Waals surface area contributed by atoms with Crippen LogP contribution in [0.5, 0.6) is 0 Å².